The molecule has 0 spiro atoms. The number of hydrogen-bond donors (Lipinski definition) is 1. The number of carbonyl (C=O) groups excluding carboxylic acids is 1. The molecule has 20 heavy (non-hydrogen) atoms. The van der Waals surface area contributed by atoms with Crippen LogP contribution in [0.25, 0.3) is 0 Å². The Kier molecular flexibility index (Phi) is 4.76. The summed E-state index contributed by atoms with van der Waals surface area (Å²) in [7, 11) is 1.31. The Morgan fingerprint density at radius 3 is 2.85 bits per heavy atom. The van der Waals surface area contributed by atoms with E-state index < -0.39 is 5.97 Å². The van der Waals surface area contributed by atoms with Crippen LogP contribution in [-0.4, -0.2) is 23.0 Å². The third-order valence-electron chi connectivity index (χ3n) is 2.53. The standard InChI is InChI=1S/C13H11Cl2N3O2/c1-20-12(19)10-6-8(2-3-11(10)14)17-7-9-4-5-16-13(15)18-9/h2-6,17H,7H2,1H3. The van der Waals surface area contributed by atoms with Crippen molar-refractivity contribution in [2.24, 2.45) is 0 Å². The van der Waals surface area contributed by atoms with Crippen LogP contribution in [0.15, 0.2) is 30.5 Å². The van der Waals surface area contributed by atoms with Gasteiger partial charge in [-0.15, -0.1) is 0 Å². The summed E-state index contributed by atoms with van der Waals surface area (Å²) in [4.78, 5) is 19.4. The van der Waals surface area contributed by atoms with Gasteiger partial charge in [-0.3, -0.25) is 0 Å². The molecule has 0 aliphatic rings. The molecule has 0 saturated carbocycles. The van der Waals surface area contributed by atoms with E-state index in [2.05, 4.69) is 20.0 Å². The molecule has 1 aromatic heterocycles. The average Bonchev–Trinajstić information content (AvgIpc) is 2.45. The fraction of sp³-hybridized carbons (Fsp3) is 0.154. The predicted octanol–water partition coefficient (Wildman–Crippen LogP) is 3.18. The lowest BCUT2D eigenvalue weighted by molar-refractivity contribution is 0.0601. The summed E-state index contributed by atoms with van der Waals surface area (Å²) in [6.45, 7) is 0.449. The van der Waals surface area contributed by atoms with Crippen LogP contribution in [0, 0.1) is 0 Å². The number of esters is 1. The summed E-state index contributed by atoms with van der Waals surface area (Å²) in [5.74, 6) is -0.483. The molecule has 0 atom stereocenters. The molecule has 0 aliphatic carbocycles. The lowest BCUT2D eigenvalue weighted by Crippen LogP contribution is -2.05. The topological polar surface area (TPSA) is 64.1 Å². The maximum atomic E-state index is 11.5. The van der Waals surface area contributed by atoms with E-state index in [1.54, 1.807) is 30.5 Å². The van der Waals surface area contributed by atoms with Crippen LogP contribution in [0.2, 0.25) is 10.3 Å². The Morgan fingerprint density at radius 2 is 2.15 bits per heavy atom. The number of halogens is 2. The molecule has 1 heterocycles. The second-order valence-corrected chi connectivity index (χ2v) is 4.60. The minimum Gasteiger partial charge on any atom is -0.465 e. The molecule has 0 unspecified atom stereocenters. The van der Waals surface area contributed by atoms with Gasteiger partial charge in [-0.05, 0) is 35.9 Å². The van der Waals surface area contributed by atoms with Crippen molar-refractivity contribution in [1.82, 2.24) is 9.97 Å². The zero-order valence-electron chi connectivity index (χ0n) is 10.6. The SMILES string of the molecule is COC(=O)c1cc(NCc2ccnc(Cl)n2)ccc1Cl. The van der Waals surface area contributed by atoms with E-state index in [1.807, 2.05) is 0 Å². The second-order valence-electron chi connectivity index (χ2n) is 3.86. The molecule has 1 N–H and O–H groups in total. The maximum Gasteiger partial charge on any atom is 0.339 e. The molecule has 0 radical (unpaired) electrons. The van der Waals surface area contributed by atoms with Gasteiger partial charge in [0.2, 0.25) is 5.28 Å². The summed E-state index contributed by atoms with van der Waals surface area (Å²) >= 11 is 11.6. The van der Waals surface area contributed by atoms with E-state index in [-0.39, 0.29) is 5.28 Å². The molecule has 0 aliphatic heterocycles. The average molecular weight is 312 g/mol. The summed E-state index contributed by atoms with van der Waals surface area (Å²) < 4.78 is 4.66. The molecule has 2 aromatic rings. The highest BCUT2D eigenvalue weighted by atomic mass is 35.5. The van der Waals surface area contributed by atoms with Crippen LogP contribution in [-0.2, 0) is 11.3 Å². The number of rotatable bonds is 4. The first-order valence-corrected chi connectivity index (χ1v) is 6.45. The minimum absolute atomic E-state index is 0.190. The molecule has 2 rings (SSSR count). The molecule has 1 aromatic carbocycles. The number of anilines is 1. The Morgan fingerprint density at radius 1 is 1.35 bits per heavy atom. The fourth-order valence-corrected chi connectivity index (χ4v) is 1.92. The minimum atomic E-state index is -0.483. The quantitative estimate of drug-likeness (QED) is 0.694. The maximum absolute atomic E-state index is 11.5. The van der Waals surface area contributed by atoms with Crippen LogP contribution in [0.3, 0.4) is 0 Å². The lowest BCUT2D eigenvalue weighted by Gasteiger charge is -2.08. The third-order valence-corrected chi connectivity index (χ3v) is 3.04. The first-order valence-electron chi connectivity index (χ1n) is 5.69. The summed E-state index contributed by atoms with van der Waals surface area (Å²) in [6.07, 6.45) is 1.58. The van der Waals surface area contributed by atoms with Crippen molar-refractivity contribution in [1.29, 1.82) is 0 Å². The fourth-order valence-electron chi connectivity index (χ4n) is 1.56. The van der Waals surface area contributed by atoms with Crippen molar-refractivity contribution in [3.05, 3.63) is 52.0 Å². The van der Waals surface area contributed by atoms with E-state index in [0.29, 0.717) is 17.1 Å². The summed E-state index contributed by atoms with van der Waals surface area (Å²) in [5.41, 5.74) is 1.77. The molecule has 104 valence electrons. The number of carbonyl (C=O) groups is 1. The normalized spacial score (nSPS) is 10.2. The van der Waals surface area contributed by atoms with Crippen molar-refractivity contribution < 1.29 is 9.53 Å². The van der Waals surface area contributed by atoms with Gasteiger partial charge in [-0.25, -0.2) is 14.8 Å². The van der Waals surface area contributed by atoms with E-state index in [1.165, 1.54) is 7.11 Å². The zero-order valence-corrected chi connectivity index (χ0v) is 12.1. The molecule has 0 amide bonds. The second kappa shape index (κ2) is 6.54. The van der Waals surface area contributed by atoms with Gasteiger partial charge in [0.1, 0.15) is 0 Å². The van der Waals surface area contributed by atoms with E-state index in [9.17, 15) is 4.79 Å². The molecule has 0 saturated heterocycles. The Labute approximate surface area is 125 Å². The Bertz CT molecular complexity index is 635. The highest BCUT2D eigenvalue weighted by Gasteiger charge is 2.11. The number of methoxy groups -OCH3 is 1. The lowest BCUT2D eigenvalue weighted by atomic mass is 10.2. The summed E-state index contributed by atoms with van der Waals surface area (Å²) in [6, 6.07) is 6.76. The number of benzene rings is 1. The molecule has 0 bridgehead atoms. The summed E-state index contributed by atoms with van der Waals surface area (Å²) in [5, 5.41) is 3.65. The monoisotopic (exact) mass is 311 g/mol. The highest BCUT2D eigenvalue weighted by Crippen LogP contribution is 2.21. The third kappa shape index (κ3) is 3.59. The first kappa shape index (κ1) is 14.6. The van der Waals surface area contributed by atoms with Crippen molar-refractivity contribution in [2.45, 2.75) is 6.54 Å². The van der Waals surface area contributed by atoms with Crippen LogP contribution < -0.4 is 5.32 Å². The molecule has 7 heteroatoms. The van der Waals surface area contributed by atoms with Gasteiger partial charge < -0.3 is 10.1 Å². The van der Waals surface area contributed by atoms with Crippen LogP contribution in [0.4, 0.5) is 5.69 Å². The Balaban J connectivity index is 2.12. The first-order chi connectivity index (χ1) is 9.60. The Hall–Kier alpha value is -1.85. The van der Waals surface area contributed by atoms with Crippen LogP contribution >= 0.6 is 23.2 Å². The van der Waals surface area contributed by atoms with E-state index in [0.717, 1.165) is 11.4 Å². The van der Waals surface area contributed by atoms with Crippen molar-refractivity contribution in [2.75, 3.05) is 12.4 Å². The number of nitrogens with zero attached hydrogens (tertiary/aromatic N) is 2. The number of nitrogens with one attached hydrogen (secondary N) is 1. The van der Waals surface area contributed by atoms with E-state index in [4.69, 9.17) is 23.2 Å². The van der Waals surface area contributed by atoms with Crippen LogP contribution in [0.5, 0.6) is 0 Å². The number of hydrogen-bond acceptors (Lipinski definition) is 5. The van der Waals surface area contributed by atoms with Gasteiger partial charge in [-0.2, -0.15) is 0 Å². The predicted molar refractivity (Wildman–Crippen MR) is 77.2 cm³/mol. The molecule has 5 nitrogen and oxygen atoms in total. The highest BCUT2D eigenvalue weighted by molar-refractivity contribution is 6.33. The smallest absolute Gasteiger partial charge is 0.339 e. The van der Waals surface area contributed by atoms with Gasteiger partial charge in [0.25, 0.3) is 0 Å². The van der Waals surface area contributed by atoms with Crippen molar-refractivity contribution in [3.63, 3.8) is 0 Å². The number of aromatic nitrogens is 2. The molecular formula is C13H11Cl2N3O2. The van der Waals surface area contributed by atoms with Gasteiger partial charge in [0, 0.05) is 11.9 Å². The van der Waals surface area contributed by atoms with Crippen molar-refractivity contribution >= 4 is 34.9 Å². The van der Waals surface area contributed by atoms with Gasteiger partial charge >= 0.3 is 5.97 Å². The van der Waals surface area contributed by atoms with Crippen LogP contribution in [0.1, 0.15) is 16.1 Å². The number of ether oxygens (including phenoxy) is 1. The van der Waals surface area contributed by atoms with Gasteiger partial charge in [0.15, 0.2) is 0 Å². The van der Waals surface area contributed by atoms with E-state index >= 15 is 0 Å². The van der Waals surface area contributed by atoms with Gasteiger partial charge in [0.05, 0.1) is 29.9 Å². The largest absolute Gasteiger partial charge is 0.465 e. The van der Waals surface area contributed by atoms with Gasteiger partial charge in [-0.1, -0.05) is 11.6 Å². The molecule has 0 fully saturated rings. The van der Waals surface area contributed by atoms with Crippen molar-refractivity contribution in [3.8, 4) is 0 Å². The molecular weight excluding hydrogens is 301 g/mol. The zero-order chi connectivity index (χ0) is 14.5.